The molecule has 2 fully saturated rings. The number of pyridine rings is 2. The molecule has 3 atom stereocenters. The van der Waals surface area contributed by atoms with Gasteiger partial charge < -0.3 is 38.2 Å². The van der Waals surface area contributed by atoms with E-state index in [-0.39, 0.29) is 90.5 Å². The summed E-state index contributed by atoms with van der Waals surface area (Å²) in [5, 5.41) is 2.31. The number of aryl methyl sites for hydroxylation is 1. The van der Waals surface area contributed by atoms with Crippen molar-refractivity contribution in [2.45, 2.75) is 90.8 Å². The van der Waals surface area contributed by atoms with E-state index in [2.05, 4.69) is 20.2 Å². The molecule has 0 radical (unpaired) electrons. The average molecular weight is 1040 g/mol. The van der Waals surface area contributed by atoms with Crippen molar-refractivity contribution >= 4 is 46.1 Å². The van der Waals surface area contributed by atoms with Crippen molar-refractivity contribution < 1.29 is 50.8 Å². The number of anilines is 3. The molecule has 9 rings (SSSR count). The molecule has 1 amide bonds. The Labute approximate surface area is 432 Å². The molecule has 0 bridgehead atoms. The minimum Gasteiger partial charge on any atom is -0.497 e. The van der Waals surface area contributed by atoms with Crippen molar-refractivity contribution in [3.05, 3.63) is 112 Å². The van der Waals surface area contributed by atoms with Crippen molar-refractivity contribution in [2.24, 2.45) is 5.92 Å². The van der Waals surface area contributed by atoms with Crippen molar-refractivity contribution in [1.82, 2.24) is 24.8 Å². The molecule has 3 aliphatic rings. The topological polar surface area (TPSA) is 146 Å². The number of carbonyl (C=O) groups is 1. The van der Waals surface area contributed by atoms with E-state index in [0.717, 1.165) is 36.9 Å². The van der Waals surface area contributed by atoms with E-state index in [9.17, 15) is 4.79 Å². The average Bonchev–Trinajstić information content (AvgIpc) is 3.47. The summed E-state index contributed by atoms with van der Waals surface area (Å²) < 4.78 is 100. The van der Waals surface area contributed by atoms with Gasteiger partial charge in [0, 0.05) is 50.0 Å². The van der Waals surface area contributed by atoms with Gasteiger partial charge >= 0.3 is 18.3 Å². The number of alkyl halides is 3. The molecular weight excluding hydrogens is 984 g/mol. The fourth-order valence-corrected chi connectivity index (χ4v) is 10.3. The molecule has 6 heterocycles. The zero-order valence-electron chi connectivity index (χ0n) is 42.3. The predicted octanol–water partition coefficient (Wildman–Crippen LogP) is 11.6. The van der Waals surface area contributed by atoms with Crippen molar-refractivity contribution in [1.29, 1.82) is 0 Å². The number of halogens is 5. The molecule has 20 heteroatoms. The van der Waals surface area contributed by atoms with Crippen molar-refractivity contribution in [2.75, 3.05) is 69.0 Å². The maximum Gasteiger partial charge on any atom is 0.418 e. The molecule has 0 spiro atoms. The van der Waals surface area contributed by atoms with E-state index >= 15 is 17.6 Å². The fourth-order valence-electron chi connectivity index (χ4n) is 10.0. The highest BCUT2D eigenvalue weighted by Gasteiger charge is 2.41. The fraction of sp³-hybridized carbons (Fsp3) is 0.426. The minimum atomic E-state index is -5.02. The van der Waals surface area contributed by atoms with Gasteiger partial charge in [0.05, 0.1) is 67.4 Å². The maximum atomic E-state index is 18.3. The van der Waals surface area contributed by atoms with Crippen LogP contribution in [0.5, 0.6) is 23.3 Å². The zero-order chi connectivity index (χ0) is 52.5. The lowest BCUT2D eigenvalue weighted by Crippen LogP contribution is -2.34. The van der Waals surface area contributed by atoms with E-state index in [4.69, 9.17) is 50.0 Å². The van der Waals surface area contributed by atoms with Crippen LogP contribution in [0, 0.1) is 18.7 Å². The third-order valence-corrected chi connectivity index (χ3v) is 13.9. The lowest BCUT2D eigenvalue weighted by molar-refractivity contribution is -0.137. The monoisotopic (exact) mass is 1040 g/mol. The quantitative estimate of drug-likeness (QED) is 0.103. The van der Waals surface area contributed by atoms with E-state index in [0.29, 0.717) is 30.4 Å². The van der Waals surface area contributed by atoms with E-state index < -0.39 is 51.6 Å². The first-order chi connectivity index (χ1) is 35.4. The summed E-state index contributed by atoms with van der Waals surface area (Å²) in [7, 11) is 3.11. The van der Waals surface area contributed by atoms with Crippen LogP contribution in [0.1, 0.15) is 80.8 Å². The lowest BCUT2D eigenvalue weighted by Gasteiger charge is -2.31. The minimum absolute atomic E-state index is 0.00789. The Morgan fingerprint density at radius 3 is 2.28 bits per heavy atom. The number of ether oxygens (including phenoxy) is 6. The second kappa shape index (κ2) is 21.6. The standard InChI is InChI=1S/C54H59ClF4N8O7/c1-31-26-40(66(27-33-12-16-36(69-6)17-13-33)28-34-14-18-37(70-7)19-15-34)61-46(43(31)54(57,58)59)41-44(55)48-42-47(45(41)56)62-51(73-29-35-20-22-65-30-71-24-9-11-39(35)65)64-50(42)67(23-25-72-48)32(2)38-10-8-21-60-49(38)63-52(68)74-53(3,4)5/h8,10,12-19,21,26,32,35,39H,9,11,20,22-25,27-30H2,1-7H3,(H,60,63,68)/t32-,35+,39?/m1/s1. The highest BCUT2D eigenvalue weighted by molar-refractivity contribution is 6.36. The number of nitrogens with one attached hydrogen (secondary N) is 1. The molecule has 3 aromatic heterocycles. The van der Waals surface area contributed by atoms with Crippen molar-refractivity contribution in [3.8, 4) is 34.5 Å². The van der Waals surface area contributed by atoms with E-state index in [1.54, 1.807) is 76.3 Å². The van der Waals surface area contributed by atoms with Crippen LogP contribution in [0.2, 0.25) is 5.02 Å². The molecule has 392 valence electrons. The van der Waals surface area contributed by atoms with Gasteiger partial charge in [-0.25, -0.2) is 19.2 Å². The Bertz CT molecular complexity index is 2950. The lowest BCUT2D eigenvalue weighted by atomic mass is 9.97. The molecule has 1 N–H and O–H groups in total. The second-order valence-corrected chi connectivity index (χ2v) is 20.0. The second-order valence-electron chi connectivity index (χ2n) is 19.7. The number of hydrogen-bond acceptors (Lipinski definition) is 14. The van der Waals surface area contributed by atoms with Gasteiger partial charge in [-0.3, -0.25) is 10.2 Å². The van der Waals surface area contributed by atoms with E-state index in [1.807, 2.05) is 36.1 Å². The Hall–Kier alpha value is -6.70. The number of carbonyl (C=O) groups excluding carboxylic acids is 1. The van der Waals surface area contributed by atoms with Gasteiger partial charge in [0.15, 0.2) is 11.6 Å². The number of benzene rings is 3. The SMILES string of the molecule is COc1ccc(CN(Cc2ccc(OC)cc2)c2cc(C)c(C(F)(F)F)c(-c3c(Cl)c4c5c(nc(OC[C@@H]6CCN7COCCCC67)nc5c3F)N([C@H](C)c3cccnc3NC(=O)OC(C)(C)C)CCO4)n2)cc1. The predicted molar refractivity (Wildman–Crippen MR) is 273 cm³/mol. The van der Waals surface area contributed by atoms with Gasteiger partial charge in [0.1, 0.15) is 46.7 Å². The highest BCUT2D eigenvalue weighted by Crippen LogP contribution is 2.51. The molecule has 3 aliphatic heterocycles. The van der Waals surface area contributed by atoms with Crippen LogP contribution in [-0.4, -0.2) is 96.4 Å². The zero-order valence-corrected chi connectivity index (χ0v) is 43.1. The highest BCUT2D eigenvalue weighted by atomic mass is 35.5. The van der Waals surface area contributed by atoms with Crippen LogP contribution < -0.4 is 34.1 Å². The number of amides is 1. The molecule has 15 nitrogen and oxygen atoms in total. The first-order valence-corrected chi connectivity index (χ1v) is 24.9. The largest absolute Gasteiger partial charge is 0.497 e. The summed E-state index contributed by atoms with van der Waals surface area (Å²) in [6.07, 6.45) is -1.63. The van der Waals surface area contributed by atoms with Crippen LogP contribution in [0.15, 0.2) is 72.9 Å². The van der Waals surface area contributed by atoms with Gasteiger partial charge in [-0.1, -0.05) is 41.9 Å². The van der Waals surface area contributed by atoms with E-state index in [1.165, 1.54) is 19.2 Å². The molecule has 0 aliphatic carbocycles. The summed E-state index contributed by atoms with van der Waals surface area (Å²) in [5.74, 6) is 0.451. The number of aromatic nitrogens is 4. The molecule has 0 saturated carbocycles. The number of nitrogens with zero attached hydrogens (tertiary/aromatic N) is 7. The smallest absolute Gasteiger partial charge is 0.418 e. The number of rotatable bonds is 14. The summed E-state index contributed by atoms with van der Waals surface area (Å²) >= 11 is 7.27. The Morgan fingerprint density at radius 1 is 0.946 bits per heavy atom. The Morgan fingerprint density at radius 2 is 1.64 bits per heavy atom. The first kappa shape index (κ1) is 52.2. The molecule has 3 aromatic carbocycles. The molecular formula is C54H59ClF4N8O7. The molecule has 2 saturated heterocycles. The molecule has 74 heavy (non-hydrogen) atoms. The van der Waals surface area contributed by atoms with Gasteiger partial charge in [-0.2, -0.15) is 23.1 Å². The Kier molecular flexibility index (Phi) is 15.3. The number of hydrogen-bond donors (Lipinski definition) is 1. The van der Waals surface area contributed by atoms with Gasteiger partial charge in [0.25, 0.3) is 0 Å². The van der Waals surface area contributed by atoms with Crippen LogP contribution in [0.4, 0.5) is 39.8 Å². The first-order valence-electron chi connectivity index (χ1n) is 24.5. The normalized spacial score (nSPS) is 17.4. The molecule has 6 aromatic rings. The van der Waals surface area contributed by atoms with Gasteiger partial charge in [0.2, 0.25) is 0 Å². The number of methoxy groups -OCH3 is 2. The summed E-state index contributed by atoms with van der Waals surface area (Å²) in [6.45, 7) is 11.0. The summed E-state index contributed by atoms with van der Waals surface area (Å²) in [6, 6.07) is 18.7. The van der Waals surface area contributed by atoms with Gasteiger partial charge in [-0.05, 0) is 107 Å². The van der Waals surface area contributed by atoms with Crippen molar-refractivity contribution in [3.63, 3.8) is 0 Å². The van der Waals surface area contributed by atoms with Crippen LogP contribution in [0.25, 0.3) is 22.2 Å². The Balaban J connectivity index is 1.21. The molecule has 1 unspecified atom stereocenters. The third kappa shape index (κ3) is 11.2. The van der Waals surface area contributed by atoms with Gasteiger partial charge in [-0.15, -0.1) is 0 Å². The summed E-state index contributed by atoms with van der Waals surface area (Å²) in [4.78, 5) is 37.8. The maximum absolute atomic E-state index is 18.3. The third-order valence-electron chi connectivity index (χ3n) is 13.6. The van der Waals surface area contributed by atoms with Crippen LogP contribution in [-0.2, 0) is 28.7 Å². The van der Waals surface area contributed by atoms with Crippen LogP contribution in [0.3, 0.4) is 0 Å². The summed E-state index contributed by atoms with van der Waals surface area (Å²) in [5.41, 5.74) is -1.85. The number of fused-ring (bicyclic) bond motifs is 1. The van der Waals surface area contributed by atoms with Crippen LogP contribution >= 0.6 is 11.6 Å².